The zero-order chi connectivity index (χ0) is 8.55. The smallest absolute Gasteiger partial charge is 0.225 e. The Morgan fingerprint density at radius 3 is 3.08 bits per heavy atom. The zero-order valence-corrected chi connectivity index (χ0v) is 6.56. The van der Waals surface area contributed by atoms with E-state index < -0.39 is 6.10 Å². The molecular weight excluding hydrogens is 156 g/mol. The van der Waals surface area contributed by atoms with Crippen molar-refractivity contribution in [3.8, 4) is 0 Å². The van der Waals surface area contributed by atoms with Crippen LogP contribution in [0.2, 0.25) is 0 Å². The molecule has 0 radical (unpaired) electrons. The monoisotopic (exact) mass is 164 g/mol. The van der Waals surface area contributed by atoms with Gasteiger partial charge in [0.25, 0.3) is 0 Å². The molecule has 0 spiro atoms. The van der Waals surface area contributed by atoms with Crippen molar-refractivity contribution in [1.29, 1.82) is 0 Å². The second kappa shape index (κ2) is 2.57. The second-order valence-electron chi connectivity index (χ2n) is 2.55. The van der Waals surface area contributed by atoms with E-state index in [0.717, 1.165) is 0 Å². The standard InChI is InChI=1S/C8H8N2O2/c1-5(11)8-10-7-6(12-8)3-2-4-9-7/h2-5,11H,1H3. The van der Waals surface area contributed by atoms with Crippen LogP contribution in [-0.2, 0) is 0 Å². The fourth-order valence-corrected chi connectivity index (χ4v) is 0.964. The summed E-state index contributed by atoms with van der Waals surface area (Å²) in [6.07, 6.45) is 0.954. The van der Waals surface area contributed by atoms with Crippen LogP contribution in [0.3, 0.4) is 0 Å². The summed E-state index contributed by atoms with van der Waals surface area (Å²) in [5.74, 6) is 0.309. The Morgan fingerprint density at radius 1 is 1.58 bits per heavy atom. The third kappa shape index (κ3) is 1.06. The highest BCUT2D eigenvalue weighted by atomic mass is 16.4. The topological polar surface area (TPSA) is 59.2 Å². The van der Waals surface area contributed by atoms with Gasteiger partial charge in [0.05, 0.1) is 0 Å². The molecule has 0 aliphatic carbocycles. The molecule has 0 aromatic carbocycles. The average molecular weight is 164 g/mol. The third-order valence-corrected chi connectivity index (χ3v) is 1.54. The van der Waals surface area contributed by atoms with E-state index in [1.54, 1.807) is 25.3 Å². The highest BCUT2D eigenvalue weighted by Crippen LogP contribution is 2.17. The number of fused-ring (bicyclic) bond motifs is 1. The molecule has 0 bridgehead atoms. The summed E-state index contributed by atoms with van der Waals surface area (Å²) in [5, 5.41) is 9.14. The van der Waals surface area contributed by atoms with Gasteiger partial charge in [-0.1, -0.05) is 0 Å². The van der Waals surface area contributed by atoms with Crippen molar-refractivity contribution in [2.45, 2.75) is 13.0 Å². The Morgan fingerprint density at radius 2 is 2.42 bits per heavy atom. The number of hydrogen-bond donors (Lipinski definition) is 1. The molecule has 0 aliphatic heterocycles. The van der Waals surface area contributed by atoms with Gasteiger partial charge >= 0.3 is 0 Å². The Bertz CT molecular complexity index is 362. The van der Waals surface area contributed by atoms with Crippen molar-refractivity contribution in [2.24, 2.45) is 0 Å². The van der Waals surface area contributed by atoms with Crippen molar-refractivity contribution in [1.82, 2.24) is 9.97 Å². The van der Waals surface area contributed by atoms with Crippen LogP contribution in [0, 0.1) is 0 Å². The third-order valence-electron chi connectivity index (χ3n) is 1.54. The van der Waals surface area contributed by atoms with Crippen LogP contribution in [-0.4, -0.2) is 15.1 Å². The number of aliphatic hydroxyl groups is 1. The fourth-order valence-electron chi connectivity index (χ4n) is 0.964. The van der Waals surface area contributed by atoms with E-state index in [9.17, 15) is 0 Å². The molecule has 4 nitrogen and oxygen atoms in total. The summed E-state index contributed by atoms with van der Waals surface area (Å²) in [6, 6.07) is 3.53. The molecular formula is C8H8N2O2. The number of rotatable bonds is 1. The summed E-state index contributed by atoms with van der Waals surface area (Å²) in [4.78, 5) is 7.95. The number of pyridine rings is 1. The summed E-state index contributed by atoms with van der Waals surface area (Å²) in [7, 11) is 0. The number of oxazole rings is 1. The van der Waals surface area contributed by atoms with Crippen molar-refractivity contribution in [3.63, 3.8) is 0 Å². The molecule has 12 heavy (non-hydrogen) atoms. The molecule has 2 aromatic heterocycles. The molecule has 1 N–H and O–H groups in total. The molecule has 1 atom stereocenters. The van der Waals surface area contributed by atoms with Crippen LogP contribution >= 0.6 is 0 Å². The van der Waals surface area contributed by atoms with Crippen molar-refractivity contribution < 1.29 is 9.52 Å². The van der Waals surface area contributed by atoms with Crippen LogP contribution in [0.4, 0.5) is 0 Å². The van der Waals surface area contributed by atoms with Crippen molar-refractivity contribution in [2.75, 3.05) is 0 Å². The lowest BCUT2D eigenvalue weighted by atomic mass is 10.4. The SMILES string of the molecule is CC(O)c1nc2ncccc2o1. The van der Waals surface area contributed by atoms with Crippen LogP contribution in [0.25, 0.3) is 11.2 Å². The molecule has 0 fully saturated rings. The summed E-state index contributed by atoms with van der Waals surface area (Å²) in [5.41, 5.74) is 1.14. The Kier molecular flexibility index (Phi) is 1.55. The summed E-state index contributed by atoms with van der Waals surface area (Å²) in [6.45, 7) is 1.60. The quantitative estimate of drug-likeness (QED) is 0.689. The maximum absolute atomic E-state index is 9.14. The van der Waals surface area contributed by atoms with Crippen LogP contribution in [0.5, 0.6) is 0 Å². The highest BCUT2D eigenvalue weighted by molar-refractivity contribution is 5.66. The first kappa shape index (κ1) is 7.24. The van der Waals surface area contributed by atoms with Crippen LogP contribution in [0.1, 0.15) is 18.9 Å². The number of aliphatic hydroxyl groups excluding tert-OH is 1. The Hall–Kier alpha value is -1.42. The summed E-state index contributed by atoms with van der Waals surface area (Å²) >= 11 is 0. The van der Waals surface area contributed by atoms with Gasteiger partial charge in [-0.2, -0.15) is 4.98 Å². The van der Waals surface area contributed by atoms with E-state index in [2.05, 4.69) is 9.97 Å². The highest BCUT2D eigenvalue weighted by Gasteiger charge is 2.09. The molecule has 0 saturated carbocycles. The lowest BCUT2D eigenvalue weighted by Gasteiger charge is -1.92. The van der Waals surface area contributed by atoms with Crippen LogP contribution in [0.15, 0.2) is 22.7 Å². The van der Waals surface area contributed by atoms with Gasteiger partial charge in [-0.25, -0.2) is 4.98 Å². The van der Waals surface area contributed by atoms with Gasteiger partial charge in [0.2, 0.25) is 5.89 Å². The zero-order valence-electron chi connectivity index (χ0n) is 6.56. The molecule has 2 rings (SSSR count). The lowest BCUT2D eigenvalue weighted by molar-refractivity contribution is 0.165. The minimum absolute atomic E-state index is 0.309. The van der Waals surface area contributed by atoms with Gasteiger partial charge in [-0.05, 0) is 19.1 Å². The minimum Gasteiger partial charge on any atom is -0.436 e. The van der Waals surface area contributed by atoms with Gasteiger partial charge in [-0.15, -0.1) is 0 Å². The fraction of sp³-hybridized carbons (Fsp3) is 0.250. The summed E-state index contributed by atoms with van der Waals surface area (Å²) < 4.78 is 5.21. The van der Waals surface area contributed by atoms with Gasteiger partial charge in [0.15, 0.2) is 11.2 Å². The Balaban J connectivity index is 2.62. The second-order valence-corrected chi connectivity index (χ2v) is 2.55. The first-order chi connectivity index (χ1) is 5.77. The largest absolute Gasteiger partial charge is 0.436 e. The van der Waals surface area contributed by atoms with Crippen molar-refractivity contribution >= 4 is 11.2 Å². The number of hydrogen-bond acceptors (Lipinski definition) is 4. The average Bonchev–Trinajstić information content (AvgIpc) is 2.46. The molecule has 2 aromatic rings. The normalized spacial score (nSPS) is 13.5. The lowest BCUT2D eigenvalue weighted by Crippen LogP contribution is -1.89. The predicted molar refractivity (Wildman–Crippen MR) is 42.4 cm³/mol. The van der Waals surface area contributed by atoms with Gasteiger partial charge in [-0.3, -0.25) is 0 Å². The van der Waals surface area contributed by atoms with Gasteiger partial charge in [0.1, 0.15) is 6.10 Å². The van der Waals surface area contributed by atoms with Gasteiger partial charge < -0.3 is 9.52 Å². The molecule has 2 heterocycles. The maximum Gasteiger partial charge on any atom is 0.225 e. The Labute approximate surface area is 68.9 Å². The van der Waals surface area contributed by atoms with E-state index in [4.69, 9.17) is 9.52 Å². The molecule has 62 valence electrons. The molecule has 0 aliphatic rings. The maximum atomic E-state index is 9.14. The predicted octanol–water partition coefficient (Wildman–Crippen LogP) is 1.28. The van der Waals surface area contributed by atoms with Crippen molar-refractivity contribution in [3.05, 3.63) is 24.2 Å². The first-order valence-electron chi connectivity index (χ1n) is 3.67. The molecule has 0 amide bonds. The van der Waals surface area contributed by atoms with Gasteiger partial charge in [0, 0.05) is 6.20 Å². The van der Waals surface area contributed by atoms with E-state index >= 15 is 0 Å². The van der Waals surface area contributed by atoms with E-state index in [1.165, 1.54) is 0 Å². The first-order valence-corrected chi connectivity index (χ1v) is 3.67. The minimum atomic E-state index is -0.681. The number of nitrogens with zero attached hydrogens (tertiary/aromatic N) is 2. The molecule has 4 heteroatoms. The van der Waals surface area contributed by atoms with E-state index in [0.29, 0.717) is 17.1 Å². The molecule has 0 saturated heterocycles. The number of aromatic nitrogens is 2. The molecule has 1 unspecified atom stereocenters. The van der Waals surface area contributed by atoms with E-state index in [-0.39, 0.29) is 0 Å². The van der Waals surface area contributed by atoms with E-state index in [1.807, 2.05) is 0 Å². The van der Waals surface area contributed by atoms with Crippen LogP contribution < -0.4 is 0 Å².